The van der Waals surface area contributed by atoms with Gasteiger partial charge in [-0.2, -0.15) is 5.10 Å². The molecule has 8 nitrogen and oxygen atoms in total. The molecule has 0 saturated carbocycles. The number of fused-ring (bicyclic) bond motifs is 2. The van der Waals surface area contributed by atoms with Gasteiger partial charge < -0.3 is 20.3 Å². The number of benzene rings is 1. The second-order valence-electron chi connectivity index (χ2n) is 8.66. The summed E-state index contributed by atoms with van der Waals surface area (Å²) in [6.45, 7) is 8.08. The van der Waals surface area contributed by atoms with Crippen molar-refractivity contribution in [1.29, 1.82) is 0 Å². The van der Waals surface area contributed by atoms with Gasteiger partial charge in [-0.1, -0.05) is 25.2 Å². The average molecular weight is 437 g/mol. The van der Waals surface area contributed by atoms with E-state index in [1.807, 2.05) is 37.3 Å². The van der Waals surface area contributed by atoms with Crippen LogP contribution in [-0.2, 0) is 6.42 Å². The van der Waals surface area contributed by atoms with E-state index in [4.69, 9.17) is 9.72 Å². The van der Waals surface area contributed by atoms with Crippen molar-refractivity contribution in [3.8, 4) is 5.75 Å². The number of nitrogens with one attached hydrogen (secondary N) is 2. The van der Waals surface area contributed by atoms with Gasteiger partial charge >= 0.3 is 0 Å². The fourth-order valence-corrected chi connectivity index (χ4v) is 4.81. The van der Waals surface area contributed by atoms with E-state index in [1.165, 1.54) is 11.3 Å². The summed E-state index contributed by atoms with van der Waals surface area (Å²) in [6, 6.07) is 9.73. The van der Waals surface area contributed by atoms with Crippen LogP contribution in [0.3, 0.4) is 0 Å². The predicted octanol–water partition coefficient (Wildman–Crippen LogP) is 3.83. The van der Waals surface area contributed by atoms with E-state index in [-0.39, 0.29) is 11.3 Å². The van der Waals surface area contributed by atoms with Gasteiger partial charge in [-0.25, -0.2) is 4.98 Å². The third kappa shape index (κ3) is 3.93. The number of hydrogen-bond acceptors (Lipinski definition) is 8. The van der Waals surface area contributed by atoms with E-state index in [9.17, 15) is 4.79 Å². The number of aryl methyl sites for hydroxylation is 1. The van der Waals surface area contributed by atoms with Crippen LogP contribution in [0.5, 0.6) is 5.75 Å². The molecule has 1 amide bonds. The number of thiazole rings is 1. The Kier molecular flexibility index (Phi) is 4.77. The van der Waals surface area contributed by atoms with Gasteiger partial charge in [0.1, 0.15) is 17.2 Å². The highest BCUT2D eigenvalue weighted by Gasteiger charge is 2.32. The monoisotopic (exact) mass is 436 g/mol. The maximum atomic E-state index is 12.6. The Hall–Kier alpha value is -3.20. The molecular weight excluding hydrogens is 412 g/mol. The van der Waals surface area contributed by atoms with Crippen LogP contribution in [-0.4, -0.2) is 40.8 Å². The van der Waals surface area contributed by atoms with Gasteiger partial charge in [0.15, 0.2) is 10.9 Å². The fourth-order valence-electron chi connectivity index (χ4n) is 3.78. The van der Waals surface area contributed by atoms with E-state index in [0.717, 1.165) is 40.1 Å². The molecule has 5 rings (SSSR count). The molecule has 2 aromatic heterocycles. The number of anilines is 4. The Balaban J connectivity index is 1.48. The van der Waals surface area contributed by atoms with Crippen molar-refractivity contribution >= 4 is 39.6 Å². The lowest BCUT2D eigenvalue weighted by atomic mass is 9.88. The minimum atomic E-state index is -0.0360. The van der Waals surface area contributed by atoms with E-state index in [0.29, 0.717) is 30.4 Å². The highest BCUT2D eigenvalue weighted by Crippen LogP contribution is 2.42. The molecule has 0 spiro atoms. The smallest absolute Gasteiger partial charge is 0.263 e. The Morgan fingerprint density at radius 2 is 2.10 bits per heavy atom. The van der Waals surface area contributed by atoms with Crippen molar-refractivity contribution < 1.29 is 9.53 Å². The molecule has 160 valence electrons. The van der Waals surface area contributed by atoms with Crippen LogP contribution in [0.25, 0.3) is 0 Å². The maximum absolute atomic E-state index is 12.6. The van der Waals surface area contributed by atoms with Gasteiger partial charge in [0.25, 0.3) is 5.91 Å². The lowest BCUT2D eigenvalue weighted by Gasteiger charge is -2.29. The first kappa shape index (κ1) is 19.7. The van der Waals surface area contributed by atoms with Crippen molar-refractivity contribution in [1.82, 2.24) is 20.5 Å². The molecule has 4 heterocycles. The second kappa shape index (κ2) is 7.49. The molecule has 0 radical (unpaired) electrons. The van der Waals surface area contributed by atoms with Crippen LogP contribution < -0.4 is 20.3 Å². The molecule has 9 heteroatoms. The molecular formula is C22H24N6O2S. The first-order valence-electron chi connectivity index (χ1n) is 10.3. The highest BCUT2D eigenvalue weighted by atomic mass is 32.1. The summed E-state index contributed by atoms with van der Waals surface area (Å²) in [5, 5.41) is 15.4. The molecule has 0 aliphatic carbocycles. The first-order chi connectivity index (χ1) is 14.9. The van der Waals surface area contributed by atoms with Crippen LogP contribution in [0.2, 0.25) is 0 Å². The Labute approximate surface area is 184 Å². The standard InChI is InChI=1S/C22H24N6O2S/c1-13-4-7-18(27-26-13)24-14-5-6-17-16(10-14)28(8-9-30-17)21-25-15-11-22(2,3)12-23-20(29)19(15)31-21/h4-7,10H,8-9,11-12H2,1-3H3,(H,23,29)(H,24,27). The molecule has 0 saturated heterocycles. The van der Waals surface area contributed by atoms with E-state index >= 15 is 0 Å². The van der Waals surface area contributed by atoms with Crippen molar-refractivity contribution in [3.05, 3.63) is 46.6 Å². The molecule has 0 atom stereocenters. The Bertz CT molecular complexity index is 1140. The number of nitrogens with zero attached hydrogens (tertiary/aromatic N) is 4. The zero-order valence-corrected chi connectivity index (χ0v) is 18.5. The van der Waals surface area contributed by atoms with Crippen LogP contribution in [0.4, 0.5) is 22.3 Å². The third-order valence-electron chi connectivity index (χ3n) is 5.39. The minimum Gasteiger partial charge on any atom is -0.490 e. The lowest BCUT2D eigenvalue weighted by molar-refractivity contribution is 0.0948. The third-order valence-corrected chi connectivity index (χ3v) is 6.51. The number of rotatable bonds is 3. The number of amides is 1. The van der Waals surface area contributed by atoms with Crippen LogP contribution in [0, 0.1) is 12.3 Å². The van der Waals surface area contributed by atoms with Gasteiger partial charge in [0, 0.05) is 12.2 Å². The molecule has 2 aliphatic heterocycles. The first-order valence-corrected chi connectivity index (χ1v) is 11.1. The molecule has 3 aromatic rings. The number of carbonyl (C=O) groups is 1. The van der Waals surface area contributed by atoms with Gasteiger partial charge in [0.2, 0.25) is 0 Å². The minimum absolute atomic E-state index is 0.0265. The Morgan fingerprint density at radius 3 is 2.90 bits per heavy atom. The largest absolute Gasteiger partial charge is 0.490 e. The number of aromatic nitrogens is 3. The summed E-state index contributed by atoms with van der Waals surface area (Å²) in [5.74, 6) is 1.43. The average Bonchev–Trinajstić information content (AvgIpc) is 3.12. The molecule has 31 heavy (non-hydrogen) atoms. The van der Waals surface area contributed by atoms with Crippen molar-refractivity contribution in [2.45, 2.75) is 27.2 Å². The molecule has 0 unspecified atom stereocenters. The van der Waals surface area contributed by atoms with E-state index < -0.39 is 0 Å². The van der Waals surface area contributed by atoms with Gasteiger partial charge in [-0.3, -0.25) is 4.79 Å². The molecule has 0 bridgehead atoms. The summed E-state index contributed by atoms with van der Waals surface area (Å²) in [5.41, 5.74) is 3.51. The summed E-state index contributed by atoms with van der Waals surface area (Å²) in [6.07, 6.45) is 0.766. The maximum Gasteiger partial charge on any atom is 0.263 e. The van der Waals surface area contributed by atoms with Crippen LogP contribution >= 0.6 is 11.3 Å². The SMILES string of the molecule is Cc1ccc(Nc2ccc3c(c2)N(c2nc4c(s2)C(=O)NCC(C)(C)C4)CCO3)nn1. The second-order valence-corrected chi connectivity index (χ2v) is 9.64. The summed E-state index contributed by atoms with van der Waals surface area (Å²) in [7, 11) is 0. The fraction of sp³-hybridized carbons (Fsp3) is 0.364. The van der Waals surface area contributed by atoms with Crippen molar-refractivity contribution in [2.75, 3.05) is 29.9 Å². The van der Waals surface area contributed by atoms with Gasteiger partial charge in [-0.15, -0.1) is 5.10 Å². The van der Waals surface area contributed by atoms with Gasteiger partial charge in [-0.05, 0) is 49.1 Å². The molecule has 2 N–H and O–H groups in total. The zero-order chi connectivity index (χ0) is 21.6. The normalized spacial score (nSPS) is 17.1. The molecule has 2 aliphatic rings. The topological polar surface area (TPSA) is 92.3 Å². The number of ether oxygens (including phenoxy) is 1. The van der Waals surface area contributed by atoms with Crippen LogP contribution in [0.1, 0.15) is 34.9 Å². The Morgan fingerprint density at radius 1 is 1.23 bits per heavy atom. The predicted molar refractivity (Wildman–Crippen MR) is 121 cm³/mol. The molecule has 1 aromatic carbocycles. The lowest BCUT2D eigenvalue weighted by Crippen LogP contribution is -2.32. The number of carbonyl (C=O) groups excluding carboxylic acids is 1. The summed E-state index contributed by atoms with van der Waals surface area (Å²) in [4.78, 5) is 20.3. The quantitative estimate of drug-likeness (QED) is 0.645. The van der Waals surface area contributed by atoms with E-state index in [1.54, 1.807) is 0 Å². The van der Waals surface area contributed by atoms with E-state index in [2.05, 4.69) is 39.6 Å². The summed E-state index contributed by atoms with van der Waals surface area (Å²) >= 11 is 1.44. The van der Waals surface area contributed by atoms with Gasteiger partial charge in [0.05, 0.1) is 23.6 Å². The zero-order valence-electron chi connectivity index (χ0n) is 17.7. The summed E-state index contributed by atoms with van der Waals surface area (Å²) < 4.78 is 5.87. The number of hydrogen-bond donors (Lipinski definition) is 2. The van der Waals surface area contributed by atoms with Crippen molar-refractivity contribution in [2.24, 2.45) is 5.41 Å². The van der Waals surface area contributed by atoms with Crippen molar-refractivity contribution in [3.63, 3.8) is 0 Å². The highest BCUT2D eigenvalue weighted by molar-refractivity contribution is 7.17. The molecule has 0 fully saturated rings. The van der Waals surface area contributed by atoms with Crippen LogP contribution in [0.15, 0.2) is 30.3 Å².